The zero-order chi connectivity index (χ0) is 22.8. The lowest BCUT2D eigenvalue weighted by Crippen LogP contribution is -2.52. The van der Waals surface area contributed by atoms with Crippen molar-refractivity contribution in [2.45, 2.75) is 19.6 Å². The minimum Gasteiger partial charge on any atom is -0.384 e. The fourth-order valence-electron chi connectivity index (χ4n) is 3.07. The number of benzene rings is 1. The molecular weight excluding hydrogens is 417 g/mol. The van der Waals surface area contributed by atoms with Gasteiger partial charge in [0.1, 0.15) is 11.6 Å². The van der Waals surface area contributed by atoms with Gasteiger partial charge in [-0.25, -0.2) is 0 Å². The smallest absolute Gasteiger partial charge is 0.384 e. The predicted molar refractivity (Wildman–Crippen MR) is 103 cm³/mol. The van der Waals surface area contributed by atoms with E-state index in [-0.39, 0.29) is 42.7 Å². The normalized spacial score (nSPS) is 14.5. The molecule has 1 aliphatic heterocycles. The molecule has 2 amide bonds. The Balaban J connectivity index is 1.84. The van der Waals surface area contributed by atoms with Gasteiger partial charge in [0.2, 0.25) is 6.41 Å². The molecule has 1 aromatic heterocycles. The lowest BCUT2D eigenvalue weighted by molar-refractivity contribution is -0.137. The number of hydrogen-bond acceptors (Lipinski definition) is 6. The van der Waals surface area contributed by atoms with E-state index in [9.17, 15) is 27.6 Å². The van der Waals surface area contributed by atoms with Gasteiger partial charge in [-0.2, -0.15) is 18.3 Å². The lowest BCUT2D eigenvalue weighted by Gasteiger charge is -2.32. The molecule has 0 bridgehead atoms. The number of Topliss-reactive ketones (excluding diaryl/α,β-unsaturated/α-hetero) is 1. The maximum atomic E-state index is 12.9. The SMILES string of the molecule is CC(=O)CN1CNC(N)=C(N(C=O)c2cnn(Cc3cccc(C(F)(F)F)c3)c2)C1=O. The van der Waals surface area contributed by atoms with Crippen molar-refractivity contribution in [3.8, 4) is 0 Å². The zero-order valence-corrected chi connectivity index (χ0v) is 16.4. The average Bonchev–Trinajstić information content (AvgIpc) is 3.14. The molecule has 0 unspecified atom stereocenters. The van der Waals surface area contributed by atoms with E-state index in [4.69, 9.17) is 5.73 Å². The first-order chi connectivity index (χ1) is 14.6. The van der Waals surface area contributed by atoms with Crippen molar-refractivity contribution in [3.05, 3.63) is 59.3 Å². The molecule has 12 heteroatoms. The molecule has 1 aliphatic rings. The fraction of sp³-hybridized carbons (Fsp3) is 0.263. The maximum Gasteiger partial charge on any atom is 0.416 e. The highest BCUT2D eigenvalue weighted by Crippen LogP contribution is 2.30. The molecule has 2 aromatic rings. The number of halogens is 3. The van der Waals surface area contributed by atoms with Crippen LogP contribution in [0.1, 0.15) is 18.1 Å². The minimum absolute atomic E-state index is 0.00774. The van der Waals surface area contributed by atoms with Crippen LogP contribution in [-0.2, 0) is 27.1 Å². The summed E-state index contributed by atoms with van der Waals surface area (Å²) in [6.45, 7) is 1.18. The highest BCUT2D eigenvalue weighted by Gasteiger charge is 2.32. The monoisotopic (exact) mass is 436 g/mol. The number of hydrogen-bond donors (Lipinski definition) is 2. The van der Waals surface area contributed by atoms with Crippen LogP contribution in [0.3, 0.4) is 0 Å². The first-order valence-electron chi connectivity index (χ1n) is 9.05. The molecule has 9 nitrogen and oxygen atoms in total. The molecule has 3 N–H and O–H groups in total. The van der Waals surface area contributed by atoms with Crippen LogP contribution in [0.15, 0.2) is 48.2 Å². The summed E-state index contributed by atoms with van der Waals surface area (Å²) in [6, 6.07) is 4.79. The highest BCUT2D eigenvalue weighted by molar-refractivity contribution is 6.04. The van der Waals surface area contributed by atoms with Gasteiger partial charge in [0, 0.05) is 6.20 Å². The van der Waals surface area contributed by atoms with E-state index in [0.717, 1.165) is 17.0 Å². The summed E-state index contributed by atoms with van der Waals surface area (Å²) in [7, 11) is 0. The van der Waals surface area contributed by atoms with E-state index in [1.807, 2.05) is 0 Å². The van der Waals surface area contributed by atoms with Crippen molar-refractivity contribution in [2.75, 3.05) is 18.1 Å². The molecule has 0 spiro atoms. The van der Waals surface area contributed by atoms with Gasteiger partial charge in [0.05, 0.1) is 37.2 Å². The number of alkyl halides is 3. The molecule has 0 fully saturated rings. The van der Waals surface area contributed by atoms with Gasteiger partial charge >= 0.3 is 6.18 Å². The third kappa shape index (κ3) is 4.85. The Kier molecular flexibility index (Phi) is 5.99. The van der Waals surface area contributed by atoms with E-state index in [1.54, 1.807) is 0 Å². The van der Waals surface area contributed by atoms with Crippen molar-refractivity contribution in [1.82, 2.24) is 20.0 Å². The Labute approximate surface area is 174 Å². The molecule has 2 heterocycles. The van der Waals surface area contributed by atoms with Crippen molar-refractivity contribution < 1.29 is 27.6 Å². The summed E-state index contributed by atoms with van der Waals surface area (Å²) in [6.07, 6.45) is -1.43. The topological polar surface area (TPSA) is 114 Å². The number of nitrogens with two attached hydrogens (primary N) is 1. The van der Waals surface area contributed by atoms with Crippen LogP contribution in [0, 0.1) is 0 Å². The standard InChI is InChI=1S/C19H19F3N6O3/c1-12(30)7-26-10-24-17(23)16(18(26)31)28(11-29)15-6-25-27(9-15)8-13-3-2-4-14(5-13)19(20,21)22/h2-6,9,11,24H,7-8,10,23H2,1H3. The van der Waals surface area contributed by atoms with Gasteiger partial charge in [-0.15, -0.1) is 0 Å². The Morgan fingerprint density at radius 3 is 2.77 bits per heavy atom. The van der Waals surface area contributed by atoms with Gasteiger partial charge in [-0.05, 0) is 24.6 Å². The molecule has 1 aromatic carbocycles. The second-order valence-corrected chi connectivity index (χ2v) is 6.87. The molecule has 0 aliphatic carbocycles. The number of nitrogens with zero attached hydrogens (tertiary/aromatic N) is 4. The Hall–Kier alpha value is -3.83. The molecule has 3 rings (SSSR count). The Morgan fingerprint density at radius 2 is 2.13 bits per heavy atom. The van der Waals surface area contributed by atoms with Crippen molar-refractivity contribution in [1.29, 1.82) is 0 Å². The Morgan fingerprint density at radius 1 is 1.39 bits per heavy atom. The summed E-state index contributed by atoms with van der Waals surface area (Å²) >= 11 is 0. The number of rotatable bonds is 7. The second-order valence-electron chi connectivity index (χ2n) is 6.87. The van der Waals surface area contributed by atoms with Gasteiger partial charge in [0.25, 0.3) is 5.91 Å². The van der Waals surface area contributed by atoms with Crippen LogP contribution in [0.2, 0.25) is 0 Å². The van der Waals surface area contributed by atoms with Crippen LogP contribution >= 0.6 is 0 Å². The van der Waals surface area contributed by atoms with E-state index >= 15 is 0 Å². The highest BCUT2D eigenvalue weighted by atomic mass is 19.4. The van der Waals surface area contributed by atoms with Crippen LogP contribution in [-0.4, -0.2) is 46.0 Å². The molecule has 164 valence electrons. The fourth-order valence-corrected chi connectivity index (χ4v) is 3.07. The molecule has 31 heavy (non-hydrogen) atoms. The van der Waals surface area contributed by atoms with Crippen LogP contribution in [0.25, 0.3) is 0 Å². The summed E-state index contributed by atoms with van der Waals surface area (Å²) in [5, 5.41) is 6.80. The minimum atomic E-state index is -4.47. The second kappa shape index (κ2) is 8.50. The van der Waals surface area contributed by atoms with Crippen LogP contribution in [0.4, 0.5) is 18.9 Å². The van der Waals surface area contributed by atoms with Gasteiger partial charge in [0.15, 0.2) is 5.70 Å². The first kappa shape index (κ1) is 21.9. The summed E-state index contributed by atoms with van der Waals surface area (Å²) in [5.41, 5.74) is 5.43. The first-order valence-corrected chi connectivity index (χ1v) is 9.05. The summed E-state index contributed by atoms with van der Waals surface area (Å²) in [5.74, 6) is -0.923. The Bertz CT molecular complexity index is 1050. The van der Waals surface area contributed by atoms with E-state index in [2.05, 4.69) is 10.4 Å². The number of ketones is 1. The third-order valence-corrected chi connectivity index (χ3v) is 4.46. The van der Waals surface area contributed by atoms with E-state index < -0.39 is 17.6 Å². The predicted octanol–water partition coefficient (Wildman–Crippen LogP) is 1.02. The largest absolute Gasteiger partial charge is 0.416 e. The average molecular weight is 436 g/mol. The number of aromatic nitrogens is 2. The van der Waals surface area contributed by atoms with Gasteiger partial charge in [-0.1, -0.05) is 12.1 Å². The number of anilines is 1. The van der Waals surface area contributed by atoms with Crippen LogP contribution < -0.4 is 16.0 Å². The lowest BCUT2D eigenvalue weighted by atomic mass is 10.1. The van der Waals surface area contributed by atoms with Gasteiger partial charge in [-0.3, -0.25) is 24.0 Å². The number of carbonyl (C=O) groups excluding carboxylic acids is 3. The third-order valence-electron chi connectivity index (χ3n) is 4.46. The number of nitrogens with one attached hydrogen (secondary N) is 1. The number of amides is 2. The quantitative estimate of drug-likeness (QED) is 0.627. The molecule has 0 radical (unpaired) electrons. The van der Waals surface area contributed by atoms with Crippen molar-refractivity contribution in [3.63, 3.8) is 0 Å². The van der Waals surface area contributed by atoms with Crippen molar-refractivity contribution >= 4 is 23.8 Å². The van der Waals surface area contributed by atoms with Gasteiger partial charge < -0.3 is 16.0 Å². The van der Waals surface area contributed by atoms with Crippen LogP contribution in [0.5, 0.6) is 0 Å². The molecule has 0 saturated heterocycles. The van der Waals surface area contributed by atoms with E-state index in [1.165, 1.54) is 41.0 Å². The summed E-state index contributed by atoms with van der Waals surface area (Å²) in [4.78, 5) is 38.0. The number of carbonyl (C=O) groups is 3. The summed E-state index contributed by atoms with van der Waals surface area (Å²) < 4.78 is 40.0. The van der Waals surface area contributed by atoms with Crippen molar-refractivity contribution in [2.24, 2.45) is 5.73 Å². The van der Waals surface area contributed by atoms with E-state index in [0.29, 0.717) is 12.0 Å². The zero-order valence-electron chi connectivity index (χ0n) is 16.4. The molecular formula is C19H19F3N6O3. The molecule has 0 saturated carbocycles. The molecule has 0 atom stereocenters. The maximum absolute atomic E-state index is 12.9.